The molecule has 0 aliphatic carbocycles. The number of hydrogen-bond acceptors (Lipinski definition) is 17. The number of aliphatic imine (C=N–C) groups is 1. The summed E-state index contributed by atoms with van der Waals surface area (Å²) in [7, 11) is 0. The highest BCUT2D eigenvalue weighted by molar-refractivity contribution is 5.98. The van der Waals surface area contributed by atoms with Gasteiger partial charge in [-0.25, -0.2) is 4.79 Å². The van der Waals surface area contributed by atoms with Crippen molar-refractivity contribution in [3.63, 3.8) is 0 Å². The van der Waals surface area contributed by atoms with E-state index in [0.717, 1.165) is 6.92 Å². The molecule has 0 spiro atoms. The SMILES string of the molecule is CC(=O)N[C@@H]1[C@@H](O)[C@H](O)[C@@H](CO)O[C@H]1NC(=O)C[C@H](NC(=O)[C@H](CCC(N)=O)NC(=O)[C@@H](N)CCCN=C(N)N)C(=O)NCC(=O)N[C@@H](CC(N)=O)C(=O)N[C@@H](CC(=O)O)C(=O)O. The molecule has 1 aliphatic rings. The van der Waals surface area contributed by atoms with Gasteiger partial charge in [0.15, 0.2) is 12.2 Å². The smallest absolute Gasteiger partial charge is 0.326 e. The third kappa shape index (κ3) is 20.1. The summed E-state index contributed by atoms with van der Waals surface area (Å²) in [4.78, 5) is 141. The van der Waals surface area contributed by atoms with Crippen LogP contribution in [0.3, 0.4) is 0 Å². The van der Waals surface area contributed by atoms with Crippen LogP contribution in [0.5, 0.6) is 0 Å². The number of carbonyl (C=O) groups excluding carboxylic acids is 9. The van der Waals surface area contributed by atoms with Gasteiger partial charge in [0.05, 0.1) is 38.5 Å². The molecule has 30 heteroatoms. The van der Waals surface area contributed by atoms with Gasteiger partial charge in [0, 0.05) is 19.9 Å². The molecule has 0 radical (unpaired) electrons. The van der Waals surface area contributed by atoms with Crippen LogP contribution in [-0.2, 0) is 57.5 Å². The minimum absolute atomic E-state index is 0.00997. The van der Waals surface area contributed by atoms with E-state index in [0.29, 0.717) is 0 Å². The normalized spacial score (nSPS) is 20.4. The Bertz CT molecular complexity index is 1730. The highest BCUT2D eigenvalue weighted by atomic mass is 16.5. The zero-order chi connectivity index (χ0) is 48.1. The van der Waals surface area contributed by atoms with Crippen LogP contribution in [0.1, 0.15) is 51.9 Å². The number of hydrogen-bond donors (Lipinski definition) is 17. The summed E-state index contributed by atoms with van der Waals surface area (Å²) < 4.78 is 5.45. The largest absolute Gasteiger partial charge is 0.481 e. The Hall–Kier alpha value is -6.76. The molecule has 1 heterocycles. The number of rotatable bonds is 27. The number of nitrogens with zero attached hydrogens (tertiary/aromatic N) is 1. The first-order chi connectivity index (χ1) is 29.4. The third-order valence-corrected chi connectivity index (χ3v) is 8.71. The van der Waals surface area contributed by atoms with Crippen molar-refractivity contribution in [1.82, 2.24) is 37.2 Å². The monoisotopic (exact) mass is 905 g/mol. The average Bonchev–Trinajstić information content (AvgIpc) is 3.18. The molecule has 0 aromatic rings. The fourth-order valence-electron chi connectivity index (χ4n) is 5.60. The summed E-state index contributed by atoms with van der Waals surface area (Å²) in [6, 6.07) is -10.3. The second-order valence-electron chi connectivity index (χ2n) is 13.9. The highest BCUT2D eigenvalue weighted by Gasteiger charge is 2.45. The third-order valence-electron chi connectivity index (χ3n) is 8.71. The number of carboxylic acids is 2. The molecule has 0 aromatic heterocycles. The first-order valence-electron chi connectivity index (χ1n) is 18.9. The van der Waals surface area contributed by atoms with Crippen molar-refractivity contribution >= 4 is 71.1 Å². The zero-order valence-electron chi connectivity index (χ0n) is 33.8. The van der Waals surface area contributed by atoms with Crippen molar-refractivity contribution in [3.8, 4) is 0 Å². The molecule has 1 rings (SSSR count). The molecule has 354 valence electrons. The van der Waals surface area contributed by atoms with Crippen molar-refractivity contribution in [2.24, 2.45) is 33.7 Å². The molecule has 10 atom stereocenters. The van der Waals surface area contributed by atoms with Gasteiger partial charge < -0.3 is 96.2 Å². The van der Waals surface area contributed by atoms with E-state index in [4.69, 9.17) is 38.5 Å². The van der Waals surface area contributed by atoms with Crippen molar-refractivity contribution in [3.05, 3.63) is 0 Å². The van der Waals surface area contributed by atoms with Gasteiger partial charge in [-0.3, -0.25) is 52.9 Å². The number of carbonyl (C=O) groups is 11. The molecule has 9 amide bonds. The van der Waals surface area contributed by atoms with Crippen molar-refractivity contribution in [1.29, 1.82) is 0 Å². The fourth-order valence-corrected chi connectivity index (χ4v) is 5.60. The van der Waals surface area contributed by atoms with E-state index in [9.17, 15) is 73.2 Å². The molecular weight excluding hydrogens is 850 g/mol. The maximum atomic E-state index is 13.7. The van der Waals surface area contributed by atoms with Crippen LogP contribution in [0.4, 0.5) is 0 Å². The van der Waals surface area contributed by atoms with Gasteiger partial charge in [-0.05, 0) is 19.3 Å². The standard InChI is InChI=1S/C33H55N13O17/c1-12(48)41-24-26(56)25(55)18(11-47)63-31(24)46-21(51)8-16(44-29(59)14(4-5-19(35)49)43-27(57)13(34)3-2-6-39-33(37)38)28(58)40-10-22(52)42-15(7-20(36)50)30(60)45-17(32(61)62)9-23(53)54/h13-18,24-26,31,47,55-56H,2-11,34H2,1H3,(H2,35,49)(H2,36,50)(H,40,58)(H,41,48)(H,42,52)(H,43,57)(H,44,59)(H,45,60)(H,46,51)(H,53,54)(H,61,62)(H4,37,38,39)/t13-,14-,15-,16-,17-,18+,24+,25+,26+,31+/m0/s1. The fraction of sp³-hybridized carbons (Fsp3) is 0.636. The maximum absolute atomic E-state index is 13.7. The van der Waals surface area contributed by atoms with Gasteiger partial charge in [-0.1, -0.05) is 0 Å². The van der Waals surface area contributed by atoms with E-state index < -0.39 is 171 Å². The minimum atomic E-state index is -2.00. The van der Waals surface area contributed by atoms with Crippen LogP contribution in [0.15, 0.2) is 4.99 Å². The first kappa shape index (κ1) is 54.3. The lowest BCUT2D eigenvalue weighted by atomic mass is 9.95. The lowest BCUT2D eigenvalue weighted by Gasteiger charge is -2.42. The number of aliphatic hydroxyl groups excluding tert-OH is 3. The summed E-state index contributed by atoms with van der Waals surface area (Å²) in [5.41, 5.74) is 26.9. The summed E-state index contributed by atoms with van der Waals surface area (Å²) in [6.45, 7) is -0.824. The van der Waals surface area contributed by atoms with Crippen molar-refractivity contribution < 1.29 is 83.0 Å². The Morgan fingerprint density at radius 3 is 1.81 bits per heavy atom. The first-order valence-corrected chi connectivity index (χ1v) is 18.9. The van der Waals surface area contributed by atoms with E-state index in [1.165, 1.54) is 0 Å². The number of carboxylic acid groups (broad SMARTS) is 2. The van der Waals surface area contributed by atoms with Gasteiger partial charge in [0.2, 0.25) is 53.2 Å². The quantitative estimate of drug-likeness (QED) is 0.0207. The molecule has 0 saturated carbocycles. The molecule has 0 aromatic carbocycles. The molecule has 22 N–H and O–H groups in total. The molecule has 1 fully saturated rings. The number of nitrogens with two attached hydrogens (primary N) is 5. The number of ether oxygens (including phenoxy) is 1. The Kier molecular flexibility index (Phi) is 22.9. The van der Waals surface area contributed by atoms with Crippen LogP contribution in [-0.4, -0.2) is 177 Å². The summed E-state index contributed by atoms with van der Waals surface area (Å²) in [6.07, 6.45) is -10.6. The average molecular weight is 906 g/mol. The van der Waals surface area contributed by atoms with E-state index in [1.807, 2.05) is 10.6 Å². The second kappa shape index (κ2) is 26.5. The zero-order valence-corrected chi connectivity index (χ0v) is 33.8. The Morgan fingerprint density at radius 1 is 0.683 bits per heavy atom. The van der Waals surface area contributed by atoms with Gasteiger partial charge in [-0.15, -0.1) is 0 Å². The number of amides is 9. The Labute approximate surface area is 357 Å². The van der Waals surface area contributed by atoms with Gasteiger partial charge in [0.25, 0.3) is 0 Å². The molecule has 1 saturated heterocycles. The van der Waals surface area contributed by atoms with Crippen molar-refractivity contribution in [2.45, 2.75) is 113 Å². The van der Waals surface area contributed by atoms with Crippen LogP contribution < -0.4 is 65.9 Å². The van der Waals surface area contributed by atoms with Crippen LogP contribution in [0.2, 0.25) is 0 Å². The van der Waals surface area contributed by atoms with E-state index in [1.54, 1.807) is 0 Å². The van der Waals surface area contributed by atoms with Gasteiger partial charge in [-0.2, -0.15) is 0 Å². The maximum Gasteiger partial charge on any atom is 0.326 e. The lowest BCUT2D eigenvalue weighted by molar-refractivity contribution is -0.203. The molecule has 0 unspecified atom stereocenters. The molecular formula is C33H55N13O17. The van der Waals surface area contributed by atoms with E-state index in [2.05, 4.69) is 31.6 Å². The van der Waals surface area contributed by atoms with E-state index in [-0.39, 0.29) is 25.3 Å². The second-order valence-corrected chi connectivity index (χ2v) is 13.9. The van der Waals surface area contributed by atoms with E-state index >= 15 is 0 Å². The predicted molar refractivity (Wildman–Crippen MR) is 209 cm³/mol. The number of aliphatic carboxylic acids is 2. The number of guanidine groups is 1. The lowest BCUT2D eigenvalue weighted by Crippen LogP contribution is -2.68. The number of primary amides is 2. The summed E-state index contributed by atoms with van der Waals surface area (Å²) in [5.74, 6) is -13.7. The number of aliphatic hydroxyl groups is 3. The Morgan fingerprint density at radius 2 is 1.27 bits per heavy atom. The molecule has 63 heavy (non-hydrogen) atoms. The van der Waals surface area contributed by atoms with Gasteiger partial charge in [0.1, 0.15) is 48.5 Å². The minimum Gasteiger partial charge on any atom is -0.481 e. The van der Waals surface area contributed by atoms with Crippen molar-refractivity contribution in [2.75, 3.05) is 19.7 Å². The topological polar surface area (TPSA) is 525 Å². The molecule has 30 nitrogen and oxygen atoms in total. The predicted octanol–water partition coefficient (Wildman–Crippen LogP) is -10.4. The van der Waals surface area contributed by atoms with Crippen LogP contribution in [0.25, 0.3) is 0 Å². The van der Waals surface area contributed by atoms with Crippen LogP contribution >= 0.6 is 0 Å². The van der Waals surface area contributed by atoms with Gasteiger partial charge >= 0.3 is 11.9 Å². The summed E-state index contributed by atoms with van der Waals surface area (Å²) in [5, 5.41) is 63.7. The summed E-state index contributed by atoms with van der Waals surface area (Å²) >= 11 is 0. The Balaban J connectivity index is 3.42. The molecule has 0 bridgehead atoms. The highest BCUT2D eigenvalue weighted by Crippen LogP contribution is 2.20. The molecule has 1 aliphatic heterocycles. The van der Waals surface area contributed by atoms with Crippen LogP contribution in [0, 0.1) is 0 Å². The number of nitrogens with one attached hydrogen (secondary N) is 7.